The average Bonchev–Trinajstić information content (AvgIpc) is 2.75. The summed E-state index contributed by atoms with van der Waals surface area (Å²) in [5.74, 6) is 1.57. The Hall–Kier alpha value is -0.0400. The van der Waals surface area contributed by atoms with E-state index in [4.69, 9.17) is 4.74 Å². The molecule has 0 amide bonds. The Morgan fingerprint density at radius 3 is 2.36 bits per heavy atom. The van der Waals surface area contributed by atoms with Gasteiger partial charge in [-0.1, -0.05) is 34.6 Å². The number of epoxide rings is 1. The van der Waals surface area contributed by atoms with Crippen molar-refractivity contribution in [1.29, 1.82) is 0 Å². The minimum absolute atomic E-state index is 0.293. The Kier molecular flexibility index (Phi) is 2.23. The number of fused-ring (bicyclic) bond motifs is 1. The molecule has 1 aliphatic heterocycles. The fourth-order valence-electron chi connectivity index (χ4n) is 3.06. The first kappa shape index (κ1) is 10.5. The normalized spacial score (nSPS) is 42.4. The molecular weight excluding hydrogens is 172 g/mol. The highest BCUT2D eigenvalue weighted by Gasteiger charge is 2.61. The molecule has 1 saturated carbocycles. The van der Waals surface area contributed by atoms with Crippen molar-refractivity contribution in [2.75, 3.05) is 0 Å². The number of rotatable bonds is 1. The van der Waals surface area contributed by atoms with Crippen LogP contribution in [0.2, 0.25) is 0 Å². The van der Waals surface area contributed by atoms with Crippen LogP contribution < -0.4 is 0 Å². The van der Waals surface area contributed by atoms with Gasteiger partial charge in [0.05, 0.1) is 11.7 Å². The molecule has 1 heteroatoms. The zero-order chi connectivity index (χ0) is 10.6. The molecule has 0 aromatic carbocycles. The van der Waals surface area contributed by atoms with Crippen LogP contribution in [0.15, 0.2) is 0 Å². The maximum Gasteiger partial charge on any atom is 0.0971 e. The Morgan fingerprint density at radius 2 is 1.93 bits per heavy atom. The second kappa shape index (κ2) is 2.98. The monoisotopic (exact) mass is 196 g/mol. The molecule has 0 radical (unpaired) electrons. The van der Waals surface area contributed by atoms with Crippen molar-refractivity contribution in [3.05, 3.63) is 0 Å². The van der Waals surface area contributed by atoms with E-state index in [0.29, 0.717) is 23.0 Å². The van der Waals surface area contributed by atoms with Gasteiger partial charge in [-0.2, -0.15) is 0 Å². The number of ether oxygens (including phenoxy) is 1. The molecule has 0 aromatic heterocycles. The van der Waals surface area contributed by atoms with Gasteiger partial charge >= 0.3 is 0 Å². The highest BCUT2D eigenvalue weighted by Crippen LogP contribution is 2.56. The predicted molar refractivity (Wildman–Crippen MR) is 59.2 cm³/mol. The Balaban J connectivity index is 1.99. The first-order chi connectivity index (χ1) is 6.36. The largest absolute Gasteiger partial charge is 0.366 e. The summed E-state index contributed by atoms with van der Waals surface area (Å²) in [4.78, 5) is 0. The van der Waals surface area contributed by atoms with Crippen LogP contribution in [0.3, 0.4) is 0 Å². The quantitative estimate of drug-likeness (QED) is 0.583. The van der Waals surface area contributed by atoms with E-state index >= 15 is 0 Å². The van der Waals surface area contributed by atoms with Gasteiger partial charge in [-0.25, -0.2) is 0 Å². The third-order valence-corrected chi connectivity index (χ3v) is 4.43. The van der Waals surface area contributed by atoms with Crippen molar-refractivity contribution in [3.63, 3.8) is 0 Å². The lowest BCUT2D eigenvalue weighted by Crippen LogP contribution is -2.33. The van der Waals surface area contributed by atoms with E-state index < -0.39 is 0 Å². The van der Waals surface area contributed by atoms with Crippen molar-refractivity contribution >= 4 is 0 Å². The van der Waals surface area contributed by atoms with E-state index in [-0.39, 0.29) is 0 Å². The van der Waals surface area contributed by atoms with Crippen molar-refractivity contribution < 1.29 is 4.74 Å². The first-order valence-electron chi connectivity index (χ1n) is 6.04. The maximum atomic E-state index is 5.95. The SMILES string of the molecule is CC(C)C12CCC(C(C)(C)C)CC1O2. The summed E-state index contributed by atoms with van der Waals surface area (Å²) in [6, 6.07) is 0. The van der Waals surface area contributed by atoms with Crippen LogP contribution in [-0.2, 0) is 4.74 Å². The number of hydrogen-bond donors (Lipinski definition) is 0. The van der Waals surface area contributed by atoms with E-state index in [2.05, 4.69) is 34.6 Å². The van der Waals surface area contributed by atoms with Gasteiger partial charge in [0.25, 0.3) is 0 Å². The zero-order valence-corrected chi connectivity index (χ0v) is 10.3. The molecule has 0 bridgehead atoms. The Labute approximate surface area is 88.2 Å². The first-order valence-corrected chi connectivity index (χ1v) is 6.04. The molecule has 0 N–H and O–H groups in total. The molecule has 3 unspecified atom stereocenters. The molecule has 14 heavy (non-hydrogen) atoms. The summed E-state index contributed by atoms with van der Waals surface area (Å²) in [6.45, 7) is 11.7. The van der Waals surface area contributed by atoms with Gasteiger partial charge in [0, 0.05) is 0 Å². The molecule has 0 aromatic rings. The second-order valence-electron chi connectivity index (χ2n) is 6.55. The molecule has 3 atom stereocenters. The Bertz CT molecular complexity index is 226. The van der Waals surface area contributed by atoms with Gasteiger partial charge in [0.1, 0.15) is 0 Å². The van der Waals surface area contributed by atoms with Gasteiger partial charge in [-0.05, 0) is 36.5 Å². The summed E-state index contributed by atoms with van der Waals surface area (Å²) >= 11 is 0. The predicted octanol–water partition coefficient (Wildman–Crippen LogP) is 3.63. The van der Waals surface area contributed by atoms with Crippen LogP contribution >= 0.6 is 0 Å². The van der Waals surface area contributed by atoms with E-state index in [0.717, 1.165) is 5.92 Å². The third-order valence-electron chi connectivity index (χ3n) is 4.43. The molecule has 1 nitrogen and oxygen atoms in total. The maximum absolute atomic E-state index is 5.95. The van der Waals surface area contributed by atoms with Gasteiger partial charge in [0.2, 0.25) is 0 Å². The van der Waals surface area contributed by atoms with E-state index in [1.807, 2.05) is 0 Å². The van der Waals surface area contributed by atoms with Crippen LogP contribution in [0.4, 0.5) is 0 Å². The van der Waals surface area contributed by atoms with Crippen molar-refractivity contribution in [2.45, 2.75) is 65.6 Å². The summed E-state index contributed by atoms with van der Waals surface area (Å²) < 4.78 is 5.95. The van der Waals surface area contributed by atoms with E-state index in [9.17, 15) is 0 Å². The van der Waals surface area contributed by atoms with Crippen LogP contribution in [0.1, 0.15) is 53.9 Å². The van der Waals surface area contributed by atoms with E-state index in [1.54, 1.807) is 0 Å². The van der Waals surface area contributed by atoms with Gasteiger partial charge in [-0.15, -0.1) is 0 Å². The van der Waals surface area contributed by atoms with Crippen molar-refractivity contribution in [2.24, 2.45) is 17.3 Å². The minimum atomic E-state index is 0.293. The summed E-state index contributed by atoms with van der Waals surface area (Å²) in [7, 11) is 0. The topological polar surface area (TPSA) is 12.5 Å². The van der Waals surface area contributed by atoms with Crippen LogP contribution in [0.5, 0.6) is 0 Å². The second-order valence-corrected chi connectivity index (χ2v) is 6.55. The summed E-state index contributed by atoms with van der Waals surface area (Å²) in [5, 5.41) is 0. The number of hydrogen-bond acceptors (Lipinski definition) is 1. The standard InChI is InChI=1S/C13H24O/c1-9(2)13-7-6-10(12(3,4)5)8-11(13)14-13/h9-11H,6-8H2,1-5H3. The fourth-order valence-corrected chi connectivity index (χ4v) is 3.06. The van der Waals surface area contributed by atoms with Crippen molar-refractivity contribution in [3.8, 4) is 0 Å². The molecule has 2 aliphatic rings. The van der Waals surface area contributed by atoms with E-state index in [1.165, 1.54) is 19.3 Å². The minimum Gasteiger partial charge on any atom is -0.366 e. The van der Waals surface area contributed by atoms with Gasteiger partial charge in [-0.3, -0.25) is 0 Å². The lowest BCUT2D eigenvalue weighted by molar-refractivity contribution is 0.162. The molecule has 82 valence electrons. The van der Waals surface area contributed by atoms with Crippen LogP contribution in [-0.4, -0.2) is 11.7 Å². The zero-order valence-electron chi connectivity index (χ0n) is 10.3. The van der Waals surface area contributed by atoms with Gasteiger partial charge in [0.15, 0.2) is 0 Å². The van der Waals surface area contributed by atoms with Crippen LogP contribution in [0.25, 0.3) is 0 Å². The summed E-state index contributed by atoms with van der Waals surface area (Å²) in [6.07, 6.45) is 4.53. The average molecular weight is 196 g/mol. The van der Waals surface area contributed by atoms with Gasteiger partial charge < -0.3 is 4.74 Å². The highest BCUT2D eigenvalue weighted by molar-refractivity contribution is 5.09. The lowest BCUT2D eigenvalue weighted by atomic mass is 9.68. The molecule has 1 heterocycles. The molecule has 2 fully saturated rings. The molecule has 2 rings (SSSR count). The summed E-state index contributed by atoms with van der Waals surface area (Å²) in [5.41, 5.74) is 0.761. The third kappa shape index (κ3) is 1.50. The Morgan fingerprint density at radius 1 is 1.29 bits per heavy atom. The smallest absolute Gasteiger partial charge is 0.0971 e. The molecule has 0 spiro atoms. The van der Waals surface area contributed by atoms with Crippen molar-refractivity contribution in [1.82, 2.24) is 0 Å². The fraction of sp³-hybridized carbons (Fsp3) is 1.00. The highest BCUT2D eigenvalue weighted by atomic mass is 16.6. The molecule has 1 aliphatic carbocycles. The van der Waals surface area contributed by atoms with Crippen LogP contribution in [0, 0.1) is 17.3 Å². The molecule has 1 saturated heterocycles. The molecular formula is C13H24O. The lowest BCUT2D eigenvalue weighted by Gasteiger charge is -2.35.